The van der Waals surface area contributed by atoms with Gasteiger partial charge in [-0.1, -0.05) is 34.8 Å². The van der Waals surface area contributed by atoms with Crippen molar-refractivity contribution in [2.75, 3.05) is 19.0 Å². The van der Waals surface area contributed by atoms with Crippen molar-refractivity contribution in [1.29, 1.82) is 0 Å². The number of nitrogens with one attached hydrogen (secondary N) is 1. The Hall–Kier alpha value is -2.28. The molecule has 2 aromatic carbocycles. The zero-order valence-corrected chi connectivity index (χ0v) is 15.6. The molecule has 0 radical (unpaired) electrons. The van der Waals surface area contributed by atoms with Crippen LogP contribution in [0.1, 0.15) is 20.7 Å². The molecule has 0 fully saturated rings. The molecule has 1 aliphatic rings. The van der Waals surface area contributed by atoms with Gasteiger partial charge in [0.05, 0.1) is 34.0 Å². The third kappa shape index (κ3) is 3.35. The van der Waals surface area contributed by atoms with Crippen molar-refractivity contribution in [3.8, 4) is 5.75 Å². The average molecular weight is 414 g/mol. The highest BCUT2D eigenvalue weighted by Crippen LogP contribution is 2.32. The van der Waals surface area contributed by atoms with Gasteiger partial charge in [-0.15, -0.1) is 0 Å². The number of carbonyl (C=O) groups excluding carboxylic acids is 3. The Bertz CT molecular complexity index is 905. The number of anilines is 1. The topological polar surface area (TPSA) is 75.7 Å². The van der Waals surface area contributed by atoms with Crippen LogP contribution in [-0.2, 0) is 4.79 Å². The monoisotopic (exact) mass is 412 g/mol. The van der Waals surface area contributed by atoms with Gasteiger partial charge >= 0.3 is 0 Å². The van der Waals surface area contributed by atoms with Crippen LogP contribution in [-0.4, -0.2) is 36.3 Å². The zero-order chi connectivity index (χ0) is 19.0. The summed E-state index contributed by atoms with van der Waals surface area (Å²) in [5.74, 6) is -1.42. The number of halogens is 3. The summed E-state index contributed by atoms with van der Waals surface area (Å²) in [4.78, 5) is 38.0. The van der Waals surface area contributed by atoms with E-state index in [1.807, 2.05) is 0 Å². The van der Waals surface area contributed by atoms with Crippen LogP contribution in [0, 0.1) is 0 Å². The van der Waals surface area contributed by atoms with E-state index in [1.54, 1.807) is 12.1 Å². The van der Waals surface area contributed by atoms with Crippen molar-refractivity contribution >= 4 is 58.2 Å². The molecular weight excluding hydrogens is 403 g/mol. The zero-order valence-electron chi connectivity index (χ0n) is 13.3. The number of ether oxygens (including phenoxy) is 1. The molecule has 1 N–H and O–H groups in total. The molecule has 0 aliphatic carbocycles. The van der Waals surface area contributed by atoms with Crippen LogP contribution in [0.25, 0.3) is 0 Å². The van der Waals surface area contributed by atoms with Crippen LogP contribution < -0.4 is 10.1 Å². The van der Waals surface area contributed by atoms with E-state index >= 15 is 0 Å². The van der Waals surface area contributed by atoms with Crippen LogP contribution in [0.2, 0.25) is 15.1 Å². The largest absolute Gasteiger partial charge is 0.495 e. The Kier molecular flexibility index (Phi) is 5.09. The maximum Gasteiger partial charge on any atom is 0.262 e. The molecule has 134 valence electrons. The highest BCUT2D eigenvalue weighted by atomic mass is 35.5. The summed E-state index contributed by atoms with van der Waals surface area (Å²) >= 11 is 17.7. The Morgan fingerprint density at radius 3 is 2.15 bits per heavy atom. The predicted octanol–water partition coefficient (Wildman–Crippen LogP) is 3.89. The number of rotatable bonds is 4. The van der Waals surface area contributed by atoms with Gasteiger partial charge in [-0.25, -0.2) is 0 Å². The molecule has 0 spiro atoms. The van der Waals surface area contributed by atoms with Crippen LogP contribution in [0.4, 0.5) is 5.69 Å². The van der Waals surface area contributed by atoms with Gasteiger partial charge in [0.2, 0.25) is 5.91 Å². The van der Waals surface area contributed by atoms with Gasteiger partial charge in [-0.3, -0.25) is 19.3 Å². The minimum Gasteiger partial charge on any atom is -0.495 e. The number of carbonyl (C=O) groups is 3. The normalized spacial score (nSPS) is 13.0. The molecule has 0 saturated carbocycles. The number of amides is 3. The fourth-order valence-electron chi connectivity index (χ4n) is 2.54. The van der Waals surface area contributed by atoms with Crippen molar-refractivity contribution in [2.24, 2.45) is 0 Å². The van der Waals surface area contributed by atoms with Gasteiger partial charge in [0.1, 0.15) is 12.3 Å². The lowest BCUT2D eigenvalue weighted by Gasteiger charge is -2.15. The van der Waals surface area contributed by atoms with Gasteiger partial charge in [0.25, 0.3) is 11.8 Å². The van der Waals surface area contributed by atoms with E-state index in [-0.39, 0.29) is 21.2 Å². The molecule has 1 aliphatic heterocycles. The molecule has 0 bridgehead atoms. The number of hydrogen-bond donors (Lipinski definition) is 1. The quantitative estimate of drug-likeness (QED) is 0.772. The van der Waals surface area contributed by atoms with Crippen LogP contribution >= 0.6 is 34.8 Å². The molecule has 2 aromatic rings. The summed E-state index contributed by atoms with van der Waals surface area (Å²) in [6.45, 7) is -0.475. The predicted molar refractivity (Wildman–Crippen MR) is 98.5 cm³/mol. The molecule has 9 heteroatoms. The Morgan fingerprint density at radius 1 is 1.04 bits per heavy atom. The van der Waals surface area contributed by atoms with Crippen LogP contribution in [0.5, 0.6) is 5.75 Å². The summed E-state index contributed by atoms with van der Waals surface area (Å²) in [6.07, 6.45) is 0. The highest BCUT2D eigenvalue weighted by molar-refractivity contribution is 6.43. The number of hydrogen-bond acceptors (Lipinski definition) is 4. The molecule has 26 heavy (non-hydrogen) atoms. The standard InChI is InChI=1S/C17H11Cl3N2O4/c1-26-14-3-2-8(18)4-13(14)21-15(23)7-22-16(24)9-5-11(19)12(20)6-10(9)17(22)25/h2-6H,7H2,1H3,(H,21,23). The van der Waals surface area contributed by atoms with Gasteiger partial charge < -0.3 is 10.1 Å². The fraction of sp³-hybridized carbons (Fsp3) is 0.118. The third-order valence-electron chi connectivity index (χ3n) is 3.75. The lowest BCUT2D eigenvalue weighted by Crippen LogP contribution is -2.37. The molecule has 3 rings (SSSR count). The smallest absolute Gasteiger partial charge is 0.262 e. The first kappa shape index (κ1) is 18.5. The van der Waals surface area contributed by atoms with Crippen molar-refractivity contribution < 1.29 is 19.1 Å². The third-order valence-corrected chi connectivity index (χ3v) is 4.71. The molecule has 1 heterocycles. The summed E-state index contributed by atoms with van der Waals surface area (Å²) in [6, 6.07) is 7.33. The molecule has 6 nitrogen and oxygen atoms in total. The Balaban J connectivity index is 1.80. The first-order valence-corrected chi connectivity index (χ1v) is 8.44. The van der Waals surface area contributed by atoms with Crippen molar-refractivity contribution in [3.63, 3.8) is 0 Å². The Morgan fingerprint density at radius 2 is 1.62 bits per heavy atom. The van der Waals surface area contributed by atoms with Crippen LogP contribution in [0.3, 0.4) is 0 Å². The lowest BCUT2D eigenvalue weighted by molar-refractivity contribution is -0.116. The first-order chi connectivity index (χ1) is 12.3. The first-order valence-electron chi connectivity index (χ1n) is 7.30. The van der Waals surface area contributed by atoms with E-state index < -0.39 is 24.3 Å². The number of fused-ring (bicyclic) bond motifs is 1. The van der Waals surface area contributed by atoms with Gasteiger partial charge in [-0.2, -0.15) is 0 Å². The number of nitrogens with zero attached hydrogens (tertiary/aromatic N) is 1. The summed E-state index contributed by atoms with van der Waals surface area (Å²) < 4.78 is 5.14. The van der Waals surface area contributed by atoms with E-state index in [0.717, 1.165) is 4.90 Å². The van der Waals surface area contributed by atoms with E-state index in [9.17, 15) is 14.4 Å². The maximum absolute atomic E-state index is 12.4. The fourth-order valence-corrected chi connectivity index (χ4v) is 3.04. The van der Waals surface area contributed by atoms with Crippen molar-refractivity contribution in [1.82, 2.24) is 4.90 Å². The highest BCUT2D eigenvalue weighted by Gasteiger charge is 2.37. The van der Waals surface area contributed by atoms with Gasteiger partial charge in [0, 0.05) is 5.02 Å². The number of benzene rings is 2. The van der Waals surface area contributed by atoms with Crippen molar-refractivity contribution in [2.45, 2.75) is 0 Å². The summed E-state index contributed by atoms with van der Waals surface area (Å²) in [7, 11) is 1.44. The van der Waals surface area contributed by atoms with E-state index in [0.29, 0.717) is 16.5 Å². The lowest BCUT2D eigenvalue weighted by atomic mass is 10.1. The molecule has 0 atom stereocenters. The number of imide groups is 1. The molecule has 0 unspecified atom stereocenters. The van der Waals surface area contributed by atoms with E-state index in [4.69, 9.17) is 39.5 Å². The van der Waals surface area contributed by atoms with Crippen molar-refractivity contribution in [3.05, 3.63) is 56.5 Å². The second kappa shape index (κ2) is 7.15. The molecular formula is C17H11Cl3N2O4. The van der Waals surface area contributed by atoms with Crippen LogP contribution in [0.15, 0.2) is 30.3 Å². The second-order valence-electron chi connectivity index (χ2n) is 5.40. The number of methoxy groups -OCH3 is 1. The SMILES string of the molecule is COc1ccc(Cl)cc1NC(=O)CN1C(=O)c2cc(Cl)c(Cl)cc2C1=O. The Labute approximate surface area is 163 Å². The van der Waals surface area contributed by atoms with E-state index in [2.05, 4.69) is 5.32 Å². The van der Waals surface area contributed by atoms with Gasteiger partial charge in [0.15, 0.2) is 0 Å². The van der Waals surface area contributed by atoms with Gasteiger partial charge in [-0.05, 0) is 30.3 Å². The van der Waals surface area contributed by atoms with E-state index in [1.165, 1.54) is 25.3 Å². The second-order valence-corrected chi connectivity index (χ2v) is 6.65. The minimum absolute atomic E-state index is 0.109. The molecule has 0 aromatic heterocycles. The minimum atomic E-state index is -0.614. The summed E-state index contributed by atoms with van der Waals surface area (Å²) in [5, 5.41) is 3.28. The molecule has 0 saturated heterocycles. The maximum atomic E-state index is 12.4. The summed E-state index contributed by atoms with van der Waals surface area (Å²) in [5.41, 5.74) is 0.544. The molecule has 3 amide bonds. The average Bonchev–Trinajstić information content (AvgIpc) is 2.80.